The van der Waals surface area contributed by atoms with Crippen molar-refractivity contribution in [1.82, 2.24) is 9.88 Å². The Morgan fingerprint density at radius 1 is 1.13 bits per heavy atom. The second-order valence-corrected chi connectivity index (χ2v) is 7.94. The summed E-state index contributed by atoms with van der Waals surface area (Å²) < 4.78 is 26.6. The lowest BCUT2D eigenvalue weighted by Gasteiger charge is -2.13. The predicted octanol–water partition coefficient (Wildman–Crippen LogP) is 5.23. The van der Waals surface area contributed by atoms with Gasteiger partial charge in [-0.15, -0.1) is 11.3 Å². The van der Waals surface area contributed by atoms with Gasteiger partial charge in [0, 0.05) is 17.4 Å². The lowest BCUT2D eigenvalue weighted by Crippen LogP contribution is -2.27. The molecule has 0 saturated carbocycles. The predicted molar refractivity (Wildman–Crippen MR) is 121 cm³/mol. The first-order chi connectivity index (χ1) is 15.1. The molecule has 0 aliphatic heterocycles. The number of aromatic nitrogens is 1. The van der Waals surface area contributed by atoms with Crippen LogP contribution < -0.4 is 14.8 Å². The molecule has 0 fully saturated rings. The second-order valence-electron chi connectivity index (χ2n) is 6.99. The SMILES string of the molecule is CCOc1ccc(CNC(=O)Cn2c(-c3cccs3)cc3cc(F)ccc32)cc1OC. The number of amides is 1. The first-order valence-corrected chi connectivity index (χ1v) is 10.9. The summed E-state index contributed by atoms with van der Waals surface area (Å²) in [5.74, 6) is 0.877. The van der Waals surface area contributed by atoms with E-state index in [1.165, 1.54) is 12.1 Å². The normalized spacial score (nSPS) is 10.9. The van der Waals surface area contributed by atoms with E-state index in [9.17, 15) is 9.18 Å². The Morgan fingerprint density at radius 2 is 2.00 bits per heavy atom. The molecule has 0 unspecified atom stereocenters. The molecule has 4 aromatic rings. The van der Waals surface area contributed by atoms with Crippen molar-refractivity contribution >= 4 is 28.1 Å². The molecule has 2 aromatic heterocycles. The Hall–Kier alpha value is -3.32. The quantitative estimate of drug-likeness (QED) is 0.410. The first kappa shape index (κ1) is 20.9. The van der Waals surface area contributed by atoms with E-state index in [4.69, 9.17) is 9.47 Å². The standard InChI is InChI=1S/C24H23FN2O3S/c1-3-30-21-9-6-16(11-22(21)29-2)14-26-24(28)15-27-19-8-7-18(25)12-17(19)13-20(27)23-5-4-10-31-23/h4-13H,3,14-15H2,1-2H3,(H,26,28). The van der Waals surface area contributed by atoms with Crippen molar-refractivity contribution in [3.63, 3.8) is 0 Å². The summed E-state index contributed by atoms with van der Waals surface area (Å²) >= 11 is 1.58. The molecule has 0 saturated heterocycles. The highest BCUT2D eigenvalue weighted by Crippen LogP contribution is 2.32. The van der Waals surface area contributed by atoms with Crippen molar-refractivity contribution in [3.8, 4) is 22.1 Å². The van der Waals surface area contributed by atoms with Gasteiger partial charge in [-0.05, 0) is 60.3 Å². The van der Waals surface area contributed by atoms with Crippen molar-refractivity contribution in [2.75, 3.05) is 13.7 Å². The number of fused-ring (bicyclic) bond motifs is 1. The van der Waals surface area contributed by atoms with Crippen LogP contribution in [-0.2, 0) is 17.9 Å². The fourth-order valence-corrected chi connectivity index (χ4v) is 4.29. The van der Waals surface area contributed by atoms with Crippen LogP contribution in [0.2, 0.25) is 0 Å². The third-order valence-corrected chi connectivity index (χ3v) is 5.85. The van der Waals surface area contributed by atoms with Gasteiger partial charge in [0.1, 0.15) is 12.4 Å². The van der Waals surface area contributed by atoms with Gasteiger partial charge in [0.05, 0.1) is 24.3 Å². The average Bonchev–Trinajstić information content (AvgIpc) is 3.41. The summed E-state index contributed by atoms with van der Waals surface area (Å²) in [5, 5.41) is 5.72. The number of ether oxygens (including phenoxy) is 2. The maximum absolute atomic E-state index is 13.7. The Bertz CT molecular complexity index is 1200. The fraction of sp³-hybridized carbons (Fsp3) is 0.208. The van der Waals surface area contributed by atoms with Gasteiger partial charge in [-0.2, -0.15) is 0 Å². The molecule has 160 valence electrons. The van der Waals surface area contributed by atoms with Crippen LogP contribution in [0.4, 0.5) is 4.39 Å². The van der Waals surface area contributed by atoms with Crippen LogP contribution in [-0.4, -0.2) is 24.2 Å². The number of benzene rings is 2. The number of nitrogens with zero attached hydrogens (tertiary/aromatic N) is 1. The number of methoxy groups -OCH3 is 1. The molecular formula is C24H23FN2O3S. The number of halogens is 1. The van der Waals surface area contributed by atoms with Crippen molar-refractivity contribution < 1.29 is 18.7 Å². The minimum absolute atomic E-state index is 0.132. The van der Waals surface area contributed by atoms with Crippen molar-refractivity contribution in [2.45, 2.75) is 20.0 Å². The minimum Gasteiger partial charge on any atom is -0.493 e. The lowest BCUT2D eigenvalue weighted by atomic mass is 10.2. The highest BCUT2D eigenvalue weighted by molar-refractivity contribution is 7.13. The fourth-order valence-electron chi connectivity index (χ4n) is 3.54. The van der Waals surface area contributed by atoms with Crippen LogP contribution in [0.1, 0.15) is 12.5 Å². The van der Waals surface area contributed by atoms with Gasteiger partial charge in [0.15, 0.2) is 11.5 Å². The third kappa shape index (κ3) is 4.56. The van der Waals surface area contributed by atoms with Gasteiger partial charge in [0.2, 0.25) is 5.91 Å². The van der Waals surface area contributed by atoms with Gasteiger partial charge < -0.3 is 19.4 Å². The maximum Gasteiger partial charge on any atom is 0.240 e. The number of nitrogens with one attached hydrogen (secondary N) is 1. The summed E-state index contributed by atoms with van der Waals surface area (Å²) in [4.78, 5) is 13.8. The van der Waals surface area contributed by atoms with E-state index >= 15 is 0 Å². The molecule has 2 heterocycles. The van der Waals surface area contributed by atoms with E-state index in [0.717, 1.165) is 27.0 Å². The van der Waals surface area contributed by atoms with Crippen molar-refractivity contribution in [3.05, 3.63) is 71.4 Å². The zero-order valence-corrected chi connectivity index (χ0v) is 18.2. The average molecular weight is 439 g/mol. The van der Waals surface area contributed by atoms with Crippen LogP contribution in [0.15, 0.2) is 60.0 Å². The molecule has 5 nitrogen and oxygen atoms in total. The van der Waals surface area contributed by atoms with E-state index in [2.05, 4.69) is 5.32 Å². The molecule has 1 N–H and O–H groups in total. The zero-order chi connectivity index (χ0) is 21.8. The first-order valence-electron chi connectivity index (χ1n) is 9.98. The summed E-state index contributed by atoms with van der Waals surface area (Å²) in [7, 11) is 1.59. The molecule has 4 rings (SSSR count). The monoisotopic (exact) mass is 438 g/mol. The Morgan fingerprint density at radius 3 is 2.74 bits per heavy atom. The molecule has 0 radical (unpaired) electrons. The van der Waals surface area contributed by atoms with E-state index in [1.807, 2.05) is 53.3 Å². The lowest BCUT2D eigenvalue weighted by molar-refractivity contribution is -0.121. The largest absolute Gasteiger partial charge is 0.493 e. The number of thiophene rings is 1. The van der Waals surface area contributed by atoms with Crippen molar-refractivity contribution in [2.24, 2.45) is 0 Å². The highest BCUT2D eigenvalue weighted by Gasteiger charge is 2.15. The molecular weight excluding hydrogens is 415 g/mol. The summed E-state index contributed by atoms with van der Waals surface area (Å²) in [6.07, 6.45) is 0. The molecule has 7 heteroatoms. The number of carbonyl (C=O) groups is 1. The van der Waals surface area contributed by atoms with Gasteiger partial charge in [-0.1, -0.05) is 12.1 Å². The third-order valence-electron chi connectivity index (χ3n) is 4.96. The molecule has 0 aliphatic rings. The van der Waals surface area contributed by atoms with E-state index < -0.39 is 0 Å². The molecule has 0 spiro atoms. The van der Waals surface area contributed by atoms with E-state index in [0.29, 0.717) is 24.7 Å². The number of hydrogen-bond donors (Lipinski definition) is 1. The van der Waals surface area contributed by atoms with Crippen molar-refractivity contribution in [1.29, 1.82) is 0 Å². The zero-order valence-electron chi connectivity index (χ0n) is 17.4. The van der Waals surface area contributed by atoms with Crippen LogP contribution in [0.25, 0.3) is 21.5 Å². The number of rotatable bonds is 8. The van der Waals surface area contributed by atoms with E-state index in [1.54, 1.807) is 24.5 Å². The molecule has 0 aliphatic carbocycles. The maximum atomic E-state index is 13.7. The molecule has 31 heavy (non-hydrogen) atoms. The summed E-state index contributed by atoms with van der Waals surface area (Å²) in [6.45, 7) is 2.96. The van der Waals surface area contributed by atoms with Gasteiger partial charge in [0.25, 0.3) is 0 Å². The van der Waals surface area contributed by atoms with Gasteiger partial charge in [-0.25, -0.2) is 4.39 Å². The van der Waals surface area contributed by atoms with Crippen LogP contribution >= 0.6 is 11.3 Å². The topological polar surface area (TPSA) is 52.5 Å². The smallest absolute Gasteiger partial charge is 0.240 e. The Balaban J connectivity index is 1.53. The van der Waals surface area contributed by atoms with Crippen LogP contribution in [0, 0.1) is 5.82 Å². The minimum atomic E-state index is -0.295. The Kier molecular flexibility index (Phi) is 6.23. The second kappa shape index (κ2) is 9.22. The van der Waals surface area contributed by atoms with Crippen LogP contribution in [0.3, 0.4) is 0 Å². The molecule has 0 atom stereocenters. The number of hydrogen-bond acceptors (Lipinski definition) is 4. The van der Waals surface area contributed by atoms with Crippen LogP contribution in [0.5, 0.6) is 11.5 Å². The molecule has 0 bridgehead atoms. The molecule has 2 aromatic carbocycles. The highest BCUT2D eigenvalue weighted by atomic mass is 32.1. The summed E-state index contributed by atoms with van der Waals surface area (Å²) in [5.41, 5.74) is 2.63. The Labute approximate surface area is 184 Å². The number of carbonyl (C=O) groups excluding carboxylic acids is 1. The van der Waals surface area contributed by atoms with Gasteiger partial charge >= 0.3 is 0 Å². The summed E-state index contributed by atoms with van der Waals surface area (Å²) in [6, 6.07) is 16.1. The van der Waals surface area contributed by atoms with E-state index in [-0.39, 0.29) is 18.3 Å². The van der Waals surface area contributed by atoms with Gasteiger partial charge in [-0.3, -0.25) is 4.79 Å². The molecule has 1 amide bonds.